The van der Waals surface area contributed by atoms with Crippen molar-refractivity contribution < 1.29 is 14.3 Å². The summed E-state index contributed by atoms with van der Waals surface area (Å²) in [6, 6.07) is 15.5. The number of carbonyl (C=O) groups excluding carboxylic acids is 2. The van der Waals surface area contributed by atoms with Crippen molar-refractivity contribution in [1.29, 1.82) is 0 Å². The Morgan fingerprint density at radius 1 is 1.13 bits per heavy atom. The first kappa shape index (κ1) is 21.0. The highest BCUT2D eigenvalue weighted by Crippen LogP contribution is 2.22. The Morgan fingerprint density at radius 3 is 2.52 bits per heavy atom. The SMILES string of the molecule is COc1ccc(CN2CC(C(=O)Nc3ncn(Cc4ccc(Br)cc4)n3)CC2=O)cc1. The lowest BCUT2D eigenvalue weighted by molar-refractivity contribution is -0.128. The molecule has 1 N–H and O–H groups in total. The number of halogens is 1. The lowest BCUT2D eigenvalue weighted by Gasteiger charge is -2.16. The third-order valence-corrected chi connectivity index (χ3v) is 5.68. The van der Waals surface area contributed by atoms with E-state index in [0.29, 0.717) is 19.6 Å². The topological polar surface area (TPSA) is 89.3 Å². The number of carbonyl (C=O) groups is 2. The number of aromatic nitrogens is 3. The molecular weight excluding hydrogens is 462 g/mol. The predicted octanol–water partition coefficient (Wildman–Crippen LogP) is 3.08. The van der Waals surface area contributed by atoms with Gasteiger partial charge in [-0.1, -0.05) is 40.2 Å². The molecule has 2 heterocycles. The van der Waals surface area contributed by atoms with E-state index in [1.807, 2.05) is 48.5 Å². The van der Waals surface area contributed by atoms with Crippen molar-refractivity contribution in [3.05, 3.63) is 70.5 Å². The largest absolute Gasteiger partial charge is 0.497 e. The van der Waals surface area contributed by atoms with E-state index in [2.05, 4.69) is 31.3 Å². The number of nitrogens with one attached hydrogen (secondary N) is 1. The van der Waals surface area contributed by atoms with E-state index in [9.17, 15) is 9.59 Å². The molecule has 4 rings (SSSR count). The summed E-state index contributed by atoms with van der Waals surface area (Å²) in [7, 11) is 1.61. The zero-order chi connectivity index (χ0) is 21.8. The normalized spacial score (nSPS) is 15.9. The van der Waals surface area contributed by atoms with Gasteiger partial charge in [-0.15, -0.1) is 5.10 Å². The third-order valence-electron chi connectivity index (χ3n) is 5.15. The highest BCUT2D eigenvalue weighted by atomic mass is 79.9. The highest BCUT2D eigenvalue weighted by Gasteiger charge is 2.34. The van der Waals surface area contributed by atoms with Crippen LogP contribution in [0.25, 0.3) is 0 Å². The van der Waals surface area contributed by atoms with E-state index < -0.39 is 5.92 Å². The Hall–Kier alpha value is -3.20. The quantitative estimate of drug-likeness (QED) is 0.557. The molecule has 0 aliphatic carbocycles. The average Bonchev–Trinajstić information content (AvgIpc) is 3.36. The first-order chi connectivity index (χ1) is 15.0. The predicted molar refractivity (Wildman–Crippen MR) is 118 cm³/mol. The van der Waals surface area contributed by atoms with Crippen LogP contribution in [0.15, 0.2) is 59.3 Å². The summed E-state index contributed by atoms with van der Waals surface area (Å²) < 4.78 is 7.83. The van der Waals surface area contributed by atoms with Gasteiger partial charge in [0.1, 0.15) is 12.1 Å². The second-order valence-corrected chi connectivity index (χ2v) is 8.32. The van der Waals surface area contributed by atoms with Crippen LogP contribution in [0.4, 0.5) is 5.95 Å². The number of likely N-dealkylation sites (tertiary alicyclic amines) is 1. The van der Waals surface area contributed by atoms with Gasteiger partial charge in [0.2, 0.25) is 17.8 Å². The number of methoxy groups -OCH3 is 1. The molecule has 1 fully saturated rings. The number of benzene rings is 2. The number of ether oxygens (including phenoxy) is 1. The monoisotopic (exact) mass is 483 g/mol. The molecule has 0 saturated carbocycles. The molecule has 2 amide bonds. The van der Waals surface area contributed by atoms with Crippen LogP contribution in [0.2, 0.25) is 0 Å². The molecule has 2 aromatic carbocycles. The van der Waals surface area contributed by atoms with Crippen molar-refractivity contribution in [2.75, 3.05) is 19.0 Å². The third kappa shape index (κ3) is 5.29. The van der Waals surface area contributed by atoms with Crippen LogP contribution in [-0.2, 0) is 22.7 Å². The summed E-state index contributed by atoms with van der Waals surface area (Å²) >= 11 is 3.41. The summed E-state index contributed by atoms with van der Waals surface area (Å²) in [5, 5.41) is 7.05. The van der Waals surface area contributed by atoms with Crippen LogP contribution >= 0.6 is 15.9 Å². The Balaban J connectivity index is 1.32. The Labute approximate surface area is 188 Å². The summed E-state index contributed by atoms with van der Waals surface area (Å²) in [6.07, 6.45) is 1.76. The minimum absolute atomic E-state index is 0.0373. The number of anilines is 1. The molecule has 1 saturated heterocycles. The van der Waals surface area contributed by atoms with Crippen molar-refractivity contribution >= 4 is 33.7 Å². The molecule has 1 aromatic heterocycles. The fraction of sp³-hybridized carbons (Fsp3) is 0.273. The molecule has 160 valence electrons. The van der Waals surface area contributed by atoms with Gasteiger partial charge in [0.15, 0.2) is 0 Å². The Morgan fingerprint density at radius 2 is 1.81 bits per heavy atom. The number of nitrogens with zero attached hydrogens (tertiary/aromatic N) is 4. The van der Waals surface area contributed by atoms with Crippen molar-refractivity contribution in [1.82, 2.24) is 19.7 Å². The molecule has 0 radical (unpaired) electrons. The number of rotatable bonds is 7. The smallest absolute Gasteiger partial charge is 0.248 e. The first-order valence-electron chi connectivity index (χ1n) is 9.85. The fourth-order valence-corrected chi connectivity index (χ4v) is 3.73. The Bertz CT molecular complexity index is 1070. The van der Waals surface area contributed by atoms with Gasteiger partial charge in [-0.05, 0) is 35.4 Å². The lowest BCUT2D eigenvalue weighted by Crippen LogP contribution is -2.28. The van der Waals surface area contributed by atoms with E-state index >= 15 is 0 Å². The molecule has 31 heavy (non-hydrogen) atoms. The highest BCUT2D eigenvalue weighted by molar-refractivity contribution is 9.10. The molecule has 1 atom stereocenters. The van der Waals surface area contributed by atoms with Gasteiger partial charge in [-0.3, -0.25) is 14.9 Å². The van der Waals surface area contributed by atoms with Gasteiger partial charge in [-0.2, -0.15) is 0 Å². The zero-order valence-electron chi connectivity index (χ0n) is 17.0. The molecular formula is C22H22BrN5O3. The zero-order valence-corrected chi connectivity index (χ0v) is 18.6. The Kier molecular flexibility index (Phi) is 6.31. The van der Waals surface area contributed by atoms with Gasteiger partial charge < -0.3 is 9.64 Å². The number of hydrogen-bond donors (Lipinski definition) is 1. The van der Waals surface area contributed by atoms with Crippen LogP contribution < -0.4 is 10.1 Å². The van der Waals surface area contributed by atoms with E-state index in [0.717, 1.165) is 21.3 Å². The van der Waals surface area contributed by atoms with Crippen molar-refractivity contribution in [3.63, 3.8) is 0 Å². The van der Waals surface area contributed by atoms with Gasteiger partial charge in [0.05, 0.1) is 19.6 Å². The van der Waals surface area contributed by atoms with Crippen LogP contribution in [-0.4, -0.2) is 45.1 Å². The number of amides is 2. The fourth-order valence-electron chi connectivity index (χ4n) is 3.47. The van der Waals surface area contributed by atoms with Crippen LogP contribution in [0, 0.1) is 5.92 Å². The molecule has 0 spiro atoms. The maximum absolute atomic E-state index is 12.6. The minimum atomic E-state index is -0.427. The molecule has 8 nitrogen and oxygen atoms in total. The maximum Gasteiger partial charge on any atom is 0.248 e. The van der Waals surface area contributed by atoms with Crippen LogP contribution in [0.5, 0.6) is 5.75 Å². The summed E-state index contributed by atoms with van der Waals surface area (Å²) in [4.78, 5) is 30.9. The summed E-state index contributed by atoms with van der Waals surface area (Å²) in [5.74, 6) is 0.296. The van der Waals surface area contributed by atoms with Gasteiger partial charge in [0.25, 0.3) is 0 Å². The van der Waals surface area contributed by atoms with Crippen LogP contribution in [0.3, 0.4) is 0 Å². The summed E-state index contributed by atoms with van der Waals surface area (Å²) in [6.45, 7) is 1.39. The first-order valence-corrected chi connectivity index (χ1v) is 10.6. The van der Waals surface area contributed by atoms with Gasteiger partial charge >= 0.3 is 0 Å². The molecule has 1 unspecified atom stereocenters. The van der Waals surface area contributed by atoms with Crippen LogP contribution in [0.1, 0.15) is 17.5 Å². The van der Waals surface area contributed by atoms with E-state index in [-0.39, 0.29) is 24.2 Å². The minimum Gasteiger partial charge on any atom is -0.497 e. The maximum atomic E-state index is 12.6. The van der Waals surface area contributed by atoms with Crippen molar-refractivity contribution in [3.8, 4) is 5.75 Å². The standard InChI is InChI=1S/C22H22BrN5O3/c1-31-19-8-4-15(5-9-19)11-27-13-17(10-20(27)29)21(30)25-22-24-14-28(26-22)12-16-2-6-18(23)7-3-16/h2-9,14,17H,10-13H2,1H3,(H,25,26,30). The number of hydrogen-bond acceptors (Lipinski definition) is 5. The van der Waals surface area contributed by atoms with Crippen molar-refractivity contribution in [2.45, 2.75) is 19.5 Å². The molecule has 1 aliphatic rings. The molecule has 9 heteroatoms. The average molecular weight is 484 g/mol. The summed E-state index contributed by atoms with van der Waals surface area (Å²) in [5.41, 5.74) is 2.06. The van der Waals surface area contributed by atoms with Gasteiger partial charge in [-0.25, -0.2) is 9.67 Å². The van der Waals surface area contributed by atoms with Gasteiger partial charge in [0, 0.05) is 24.0 Å². The van der Waals surface area contributed by atoms with E-state index in [1.165, 1.54) is 0 Å². The molecule has 1 aliphatic heterocycles. The molecule has 0 bridgehead atoms. The van der Waals surface area contributed by atoms with E-state index in [4.69, 9.17) is 4.74 Å². The second-order valence-electron chi connectivity index (χ2n) is 7.40. The van der Waals surface area contributed by atoms with E-state index in [1.54, 1.807) is 23.0 Å². The van der Waals surface area contributed by atoms with Crippen molar-refractivity contribution in [2.24, 2.45) is 5.92 Å². The molecule has 3 aromatic rings. The second kappa shape index (κ2) is 9.30. The lowest BCUT2D eigenvalue weighted by atomic mass is 10.1.